The Hall–Kier alpha value is -0.260. The fourth-order valence-electron chi connectivity index (χ4n) is 1.69. The predicted molar refractivity (Wildman–Crippen MR) is 85.0 cm³/mol. The number of rotatable bonds is 3. The number of aryl methyl sites for hydroxylation is 1. The van der Waals surface area contributed by atoms with Crippen molar-refractivity contribution >= 4 is 53.5 Å². The van der Waals surface area contributed by atoms with Crippen molar-refractivity contribution in [3.63, 3.8) is 0 Å². The molecule has 0 fully saturated rings. The smallest absolute Gasteiger partial charge is 0.169 e. The monoisotopic (exact) mass is 435 g/mol. The fraction of sp³-hybridized carbons (Fsp3) is 0.231. The average molecular weight is 438 g/mol. The van der Waals surface area contributed by atoms with Crippen molar-refractivity contribution in [2.24, 2.45) is 0 Å². The third kappa shape index (κ3) is 3.19. The molecule has 18 heavy (non-hydrogen) atoms. The molecule has 0 aliphatic carbocycles. The van der Waals surface area contributed by atoms with Crippen LogP contribution in [0, 0.1) is 6.92 Å². The van der Waals surface area contributed by atoms with Gasteiger partial charge in [-0.2, -0.15) is 0 Å². The van der Waals surface area contributed by atoms with E-state index in [1.165, 1.54) is 5.56 Å². The predicted octanol–water partition coefficient (Wildman–Crippen LogP) is 6.05. The van der Waals surface area contributed by atoms with Gasteiger partial charge in [0.25, 0.3) is 0 Å². The normalized spacial score (nSPS) is 12.5. The van der Waals surface area contributed by atoms with Crippen LogP contribution in [0.5, 0.6) is 0 Å². The van der Waals surface area contributed by atoms with E-state index in [4.69, 9.17) is 4.42 Å². The van der Waals surface area contributed by atoms with E-state index in [0.717, 1.165) is 25.1 Å². The summed E-state index contributed by atoms with van der Waals surface area (Å²) in [7, 11) is 0. The lowest BCUT2D eigenvalue weighted by Gasteiger charge is -2.16. The van der Waals surface area contributed by atoms with Gasteiger partial charge in [-0.1, -0.05) is 0 Å². The maximum absolute atomic E-state index is 5.54. The van der Waals surface area contributed by atoms with Crippen LogP contribution in [0.2, 0.25) is 0 Å². The number of anilines is 1. The quantitative estimate of drug-likeness (QED) is 0.632. The van der Waals surface area contributed by atoms with E-state index in [2.05, 4.69) is 79.1 Å². The first-order valence-corrected chi connectivity index (χ1v) is 7.82. The van der Waals surface area contributed by atoms with Gasteiger partial charge in [0.2, 0.25) is 0 Å². The van der Waals surface area contributed by atoms with Crippen molar-refractivity contribution in [1.82, 2.24) is 0 Å². The Morgan fingerprint density at radius 1 is 1.11 bits per heavy atom. The maximum atomic E-state index is 5.54. The van der Waals surface area contributed by atoms with Crippen molar-refractivity contribution in [3.8, 4) is 0 Å². The molecule has 0 radical (unpaired) electrons. The molecule has 96 valence electrons. The van der Waals surface area contributed by atoms with Crippen LogP contribution in [0.25, 0.3) is 0 Å². The topological polar surface area (TPSA) is 25.2 Å². The van der Waals surface area contributed by atoms with Crippen LogP contribution in [0.15, 0.2) is 42.3 Å². The lowest BCUT2D eigenvalue weighted by Crippen LogP contribution is -2.06. The van der Waals surface area contributed by atoms with E-state index in [1.54, 1.807) is 0 Å². The van der Waals surface area contributed by atoms with Gasteiger partial charge in [0.1, 0.15) is 5.76 Å². The molecular formula is C13H12Br3NO. The van der Waals surface area contributed by atoms with Crippen LogP contribution >= 0.6 is 47.8 Å². The second-order valence-electron chi connectivity index (χ2n) is 4.11. The molecule has 0 bridgehead atoms. The molecule has 0 spiro atoms. The highest BCUT2D eigenvalue weighted by molar-refractivity contribution is 9.11. The molecule has 1 heterocycles. The third-order valence-corrected chi connectivity index (χ3v) is 4.25. The summed E-state index contributed by atoms with van der Waals surface area (Å²) in [5.41, 5.74) is 2.23. The van der Waals surface area contributed by atoms with E-state index >= 15 is 0 Å². The SMILES string of the molecule is Cc1cc(Br)c(NC(C)c2ccc(Br)o2)c(Br)c1. The number of hydrogen-bond donors (Lipinski definition) is 1. The minimum Gasteiger partial charge on any atom is -0.452 e. The lowest BCUT2D eigenvalue weighted by molar-refractivity contribution is 0.471. The molecule has 0 aliphatic rings. The molecule has 1 aromatic carbocycles. The van der Waals surface area contributed by atoms with Crippen molar-refractivity contribution < 1.29 is 4.42 Å². The molecule has 0 saturated heterocycles. The average Bonchev–Trinajstić information content (AvgIpc) is 2.70. The van der Waals surface area contributed by atoms with E-state index in [9.17, 15) is 0 Å². The summed E-state index contributed by atoms with van der Waals surface area (Å²) in [5, 5.41) is 3.43. The minimum atomic E-state index is 0.0895. The number of nitrogens with one attached hydrogen (secondary N) is 1. The van der Waals surface area contributed by atoms with Crippen LogP contribution in [0.3, 0.4) is 0 Å². The molecule has 2 nitrogen and oxygen atoms in total. The highest BCUT2D eigenvalue weighted by Crippen LogP contribution is 2.35. The van der Waals surface area contributed by atoms with E-state index in [1.807, 2.05) is 12.1 Å². The van der Waals surface area contributed by atoms with Crippen molar-refractivity contribution in [1.29, 1.82) is 0 Å². The van der Waals surface area contributed by atoms with Crippen LogP contribution < -0.4 is 5.32 Å². The molecular weight excluding hydrogens is 426 g/mol. The zero-order chi connectivity index (χ0) is 13.3. The second-order valence-corrected chi connectivity index (χ2v) is 6.60. The van der Waals surface area contributed by atoms with Gasteiger partial charge in [-0.05, 0) is 91.5 Å². The largest absolute Gasteiger partial charge is 0.452 e. The molecule has 1 aromatic heterocycles. The minimum absolute atomic E-state index is 0.0895. The Morgan fingerprint density at radius 2 is 1.72 bits per heavy atom. The maximum Gasteiger partial charge on any atom is 0.169 e. The summed E-state index contributed by atoms with van der Waals surface area (Å²) >= 11 is 10.5. The summed E-state index contributed by atoms with van der Waals surface area (Å²) in [6.45, 7) is 4.12. The highest BCUT2D eigenvalue weighted by Gasteiger charge is 2.13. The summed E-state index contributed by atoms with van der Waals surface area (Å²) < 4.78 is 8.36. The second kappa shape index (κ2) is 5.80. The van der Waals surface area contributed by atoms with Gasteiger partial charge < -0.3 is 9.73 Å². The first-order valence-electron chi connectivity index (χ1n) is 5.45. The Bertz CT molecular complexity index is 542. The summed E-state index contributed by atoms with van der Waals surface area (Å²) in [6, 6.07) is 8.10. The fourth-order valence-corrected chi connectivity index (χ4v) is 3.65. The number of benzene rings is 1. The Morgan fingerprint density at radius 3 is 2.22 bits per heavy atom. The van der Waals surface area contributed by atoms with Gasteiger partial charge >= 0.3 is 0 Å². The van der Waals surface area contributed by atoms with E-state index in [0.29, 0.717) is 0 Å². The standard InChI is InChI=1S/C13H12Br3NO/c1-7-5-9(14)13(10(15)6-7)17-8(2)11-3-4-12(16)18-11/h3-6,8,17H,1-2H3. The van der Waals surface area contributed by atoms with Crippen LogP contribution in [0.4, 0.5) is 5.69 Å². The van der Waals surface area contributed by atoms with Crippen molar-refractivity contribution in [3.05, 3.63) is 49.2 Å². The van der Waals surface area contributed by atoms with Crippen LogP contribution in [-0.2, 0) is 0 Å². The first-order chi connectivity index (χ1) is 8.47. The van der Waals surface area contributed by atoms with E-state index in [-0.39, 0.29) is 6.04 Å². The molecule has 2 rings (SSSR count). The van der Waals surface area contributed by atoms with Gasteiger partial charge in [0.05, 0.1) is 11.7 Å². The summed E-state index contributed by atoms with van der Waals surface area (Å²) in [5.74, 6) is 0.890. The third-order valence-electron chi connectivity index (χ3n) is 2.57. The van der Waals surface area contributed by atoms with Gasteiger partial charge in [-0.15, -0.1) is 0 Å². The van der Waals surface area contributed by atoms with Gasteiger partial charge in [0, 0.05) is 8.95 Å². The molecule has 0 amide bonds. The molecule has 0 aliphatic heterocycles. The lowest BCUT2D eigenvalue weighted by atomic mass is 10.2. The Balaban J connectivity index is 2.24. The summed E-state index contributed by atoms with van der Waals surface area (Å²) in [4.78, 5) is 0. The van der Waals surface area contributed by atoms with Gasteiger partial charge in [0.15, 0.2) is 4.67 Å². The number of hydrogen-bond acceptors (Lipinski definition) is 2. The van der Waals surface area contributed by atoms with Gasteiger partial charge in [-0.25, -0.2) is 0 Å². The number of halogens is 3. The first kappa shape index (κ1) is 14.2. The molecule has 5 heteroatoms. The zero-order valence-corrected chi connectivity index (χ0v) is 14.7. The summed E-state index contributed by atoms with van der Waals surface area (Å²) in [6.07, 6.45) is 0. The zero-order valence-electron chi connectivity index (χ0n) is 9.93. The molecule has 1 atom stereocenters. The van der Waals surface area contributed by atoms with Crippen LogP contribution in [0.1, 0.15) is 24.3 Å². The Labute approximate surface area is 132 Å². The molecule has 2 aromatic rings. The van der Waals surface area contributed by atoms with Gasteiger partial charge in [-0.3, -0.25) is 0 Å². The van der Waals surface area contributed by atoms with Crippen molar-refractivity contribution in [2.75, 3.05) is 5.32 Å². The van der Waals surface area contributed by atoms with E-state index < -0.39 is 0 Å². The highest BCUT2D eigenvalue weighted by atomic mass is 79.9. The molecule has 1 N–H and O–H groups in total. The van der Waals surface area contributed by atoms with Crippen molar-refractivity contribution in [2.45, 2.75) is 19.9 Å². The number of furan rings is 1. The Kier molecular flexibility index (Phi) is 4.56. The van der Waals surface area contributed by atoms with Crippen LogP contribution in [-0.4, -0.2) is 0 Å². The molecule has 0 saturated carbocycles. The molecule has 1 unspecified atom stereocenters.